The summed E-state index contributed by atoms with van der Waals surface area (Å²) in [6.45, 7) is 4.00. The fraction of sp³-hybridized carbons (Fsp3) is 0.286. The molecule has 0 bridgehead atoms. The first-order chi connectivity index (χ1) is 13.4. The highest BCUT2D eigenvalue weighted by Crippen LogP contribution is 2.23. The van der Waals surface area contributed by atoms with E-state index in [4.69, 9.17) is 23.2 Å². The molecule has 0 spiro atoms. The van der Waals surface area contributed by atoms with Crippen LogP contribution in [0.4, 0.5) is 5.69 Å². The van der Waals surface area contributed by atoms with Crippen LogP contribution in [0.3, 0.4) is 0 Å². The number of carbonyl (C=O) groups excluding carboxylic acids is 3. The van der Waals surface area contributed by atoms with Crippen LogP contribution >= 0.6 is 23.2 Å². The molecule has 2 aromatic rings. The molecule has 2 N–H and O–H groups in total. The molecule has 1 aliphatic rings. The molecule has 0 radical (unpaired) electrons. The minimum absolute atomic E-state index is 0.0731. The lowest BCUT2D eigenvalue weighted by atomic mass is 10.0. The minimum Gasteiger partial charge on any atom is -0.344 e. The third kappa shape index (κ3) is 5.57. The molecule has 0 saturated carbocycles. The number of aryl methyl sites for hydroxylation is 1. The highest BCUT2D eigenvalue weighted by molar-refractivity contribution is 6.35. The van der Waals surface area contributed by atoms with Crippen molar-refractivity contribution in [3.63, 3.8) is 0 Å². The van der Waals surface area contributed by atoms with E-state index in [0.717, 1.165) is 5.56 Å². The number of ketones is 1. The summed E-state index contributed by atoms with van der Waals surface area (Å²) in [7, 11) is 0. The SMILES string of the molecule is CC.O=C(CCc1ccc(Cl)cc1Cl)NC1CC(=O)c2ccccc2NC1=O. The van der Waals surface area contributed by atoms with Crippen LogP contribution < -0.4 is 10.6 Å². The molecule has 5 nitrogen and oxygen atoms in total. The monoisotopic (exact) mass is 420 g/mol. The van der Waals surface area contributed by atoms with Crippen LogP contribution in [-0.4, -0.2) is 23.6 Å². The van der Waals surface area contributed by atoms with Gasteiger partial charge >= 0.3 is 0 Å². The van der Waals surface area contributed by atoms with Gasteiger partial charge in [0.05, 0.1) is 5.69 Å². The van der Waals surface area contributed by atoms with Gasteiger partial charge in [-0.05, 0) is 36.2 Å². The molecule has 28 heavy (non-hydrogen) atoms. The van der Waals surface area contributed by atoms with Crippen LogP contribution in [0.15, 0.2) is 42.5 Å². The molecular formula is C21H22Cl2N2O3. The number of benzene rings is 2. The van der Waals surface area contributed by atoms with Gasteiger partial charge in [0.15, 0.2) is 5.78 Å². The van der Waals surface area contributed by atoms with Crippen molar-refractivity contribution >= 4 is 46.5 Å². The average molecular weight is 421 g/mol. The Labute approximate surface area is 174 Å². The van der Waals surface area contributed by atoms with Gasteiger partial charge in [-0.15, -0.1) is 0 Å². The van der Waals surface area contributed by atoms with E-state index in [1.807, 2.05) is 13.8 Å². The van der Waals surface area contributed by atoms with Crippen molar-refractivity contribution in [2.45, 2.75) is 39.2 Å². The Bertz CT molecular complexity index is 884. The van der Waals surface area contributed by atoms with E-state index in [-0.39, 0.29) is 24.5 Å². The summed E-state index contributed by atoms with van der Waals surface area (Å²) in [5.74, 6) is -0.916. The molecule has 1 heterocycles. The van der Waals surface area contributed by atoms with E-state index < -0.39 is 11.9 Å². The second-order valence-corrected chi connectivity index (χ2v) is 6.86. The predicted octanol–water partition coefficient (Wildman–Crippen LogP) is 4.66. The molecule has 0 aliphatic carbocycles. The summed E-state index contributed by atoms with van der Waals surface area (Å²) in [5, 5.41) is 6.33. The van der Waals surface area contributed by atoms with E-state index in [0.29, 0.717) is 27.7 Å². The standard InChI is InChI=1S/C19H16Cl2N2O3.C2H6/c20-12-7-5-11(14(21)9-12)6-8-18(25)22-16-10-17(24)13-3-1-2-4-15(13)23-19(16)26;1-2/h1-5,7,9,16H,6,8,10H2,(H,22,25)(H,23,26);1-2H3. The quantitative estimate of drug-likeness (QED) is 0.754. The summed E-state index contributed by atoms with van der Waals surface area (Å²) in [4.78, 5) is 36.9. The normalized spacial score (nSPS) is 15.5. The Hall–Kier alpha value is -2.37. The van der Waals surface area contributed by atoms with E-state index in [1.54, 1.807) is 42.5 Å². The van der Waals surface area contributed by atoms with Crippen LogP contribution in [0, 0.1) is 0 Å². The molecule has 148 valence electrons. The maximum absolute atomic E-state index is 12.3. The van der Waals surface area contributed by atoms with Gasteiger partial charge in [0, 0.05) is 28.5 Å². The van der Waals surface area contributed by atoms with E-state index in [1.165, 1.54) is 0 Å². The van der Waals surface area contributed by atoms with Crippen LogP contribution in [-0.2, 0) is 16.0 Å². The summed E-state index contributed by atoms with van der Waals surface area (Å²) < 4.78 is 0. The van der Waals surface area contributed by atoms with Gasteiger partial charge in [-0.2, -0.15) is 0 Å². The lowest BCUT2D eigenvalue weighted by Crippen LogP contribution is -2.43. The highest BCUT2D eigenvalue weighted by atomic mass is 35.5. The Morgan fingerprint density at radius 1 is 1.14 bits per heavy atom. The van der Waals surface area contributed by atoms with Gasteiger partial charge < -0.3 is 10.6 Å². The molecule has 2 aromatic carbocycles. The highest BCUT2D eigenvalue weighted by Gasteiger charge is 2.29. The van der Waals surface area contributed by atoms with Gasteiger partial charge in [-0.1, -0.05) is 55.2 Å². The number of rotatable bonds is 4. The molecule has 0 saturated heterocycles. The van der Waals surface area contributed by atoms with Crippen LogP contribution in [0.25, 0.3) is 0 Å². The molecule has 0 aromatic heterocycles. The Balaban J connectivity index is 0.00000136. The zero-order chi connectivity index (χ0) is 20.7. The van der Waals surface area contributed by atoms with Gasteiger partial charge in [0.2, 0.25) is 11.8 Å². The zero-order valence-corrected chi connectivity index (χ0v) is 17.2. The average Bonchev–Trinajstić information content (AvgIpc) is 2.79. The zero-order valence-electron chi connectivity index (χ0n) is 15.7. The molecule has 1 atom stereocenters. The molecule has 1 unspecified atom stereocenters. The number of nitrogens with one attached hydrogen (secondary N) is 2. The van der Waals surface area contributed by atoms with Crippen molar-refractivity contribution in [2.75, 3.05) is 5.32 Å². The summed E-state index contributed by atoms with van der Waals surface area (Å²) in [6, 6.07) is 11.0. The number of carbonyl (C=O) groups is 3. The molecule has 3 rings (SSSR count). The fourth-order valence-electron chi connectivity index (χ4n) is 2.80. The molecule has 2 amide bonds. The van der Waals surface area contributed by atoms with E-state index >= 15 is 0 Å². The van der Waals surface area contributed by atoms with Crippen molar-refractivity contribution in [3.05, 3.63) is 63.6 Å². The second kappa shape index (κ2) is 10.2. The summed E-state index contributed by atoms with van der Waals surface area (Å²) in [5.41, 5.74) is 1.71. The Morgan fingerprint density at radius 3 is 2.57 bits per heavy atom. The second-order valence-electron chi connectivity index (χ2n) is 6.02. The maximum Gasteiger partial charge on any atom is 0.247 e. The molecule has 0 fully saturated rings. The summed E-state index contributed by atoms with van der Waals surface area (Å²) >= 11 is 11.9. The largest absolute Gasteiger partial charge is 0.344 e. The van der Waals surface area contributed by atoms with Gasteiger partial charge in [-0.3, -0.25) is 14.4 Å². The Morgan fingerprint density at radius 2 is 1.86 bits per heavy atom. The topological polar surface area (TPSA) is 75.3 Å². The molecule has 1 aliphatic heterocycles. The Kier molecular flexibility index (Phi) is 8.03. The van der Waals surface area contributed by atoms with Crippen molar-refractivity contribution < 1.29 is 14.4 Å². The molecular weight excluding hydrogens is 399 g/mol. The van der Waals surface area contributed by atoms with Gasteiger partial charge in [-0.25, -0.2) is 0 Å². The first kappa shape index (κ1) is 21.9. The van der Waals surface area contributed by atoms with Crippen molar-refractivity contribution in [1.82, 2.24) is 5.32 Å². The number of anilines is 1. The minimum atomic E-state index is -0.900. The number of hydrogen-bond donors (Lipinski definition) is 2. The van der Waals surface area contributed by atoms with Crippen molar-refractivity contribution in [3.8, 4) is 0 Å². The number of para-hydroxylation sites is 1. The lowest BCUT2D eigenvalue weighted by Gasteiger charge is -2.15. The first-order valence-electron chi connectivity index (χ1n) is 9.10. The summed E-state index contributed by atoms with van der Waals surface area (Å²) in [6.07, 6.45) is 0.479. The van der Waals surface area contributed by atoms with Crippen LogP contribution in [0.2, 0.25) is 10.0 Å². The third-order valence-corrected chi connectivity index (χ3v) is 4.75. The van der Waals surface area contributed by atoms with Crippen LogP contribution in [0.5, 0.6) is 0 Å². The number of halogens is 2. The van der Waals surface area contributed by atoms with E-state index in [9.17, 15) is 14.4 Å². The lowest BCUT2D eigenvalue weighted by molar-refractivity contribution is -0.126. The predicted molar refractivity (Wildman–Crippen MR) is 112 cm³/mol. The maximum atomic E-state index is 12.3. The van der Waals surface area contributed by atoms with Crippen molar-refractivity contribution in [2.24, 2.45) is 0 Å². The fourth-order valence-corrected chi connectivity index (χ4v) is 3.30. The smallest absolute Gasteiger partial charge is 0.247 e. The van der Waals surface area contributed by atoms with Crippen molar-refractivity contribution in [1.29, 1.82) is 0 Å². The van der Waals surface area contributed by atoms with Crippen LogP contribution in [0.1, 0.15) is 42.6 Å². The number of hydrogen-bond acceptors (Lipinski definition) is 3. The van der Waals surface area contributed by atoms with Gasteiger partial charge in [0.1, 0.15) is 6.04 Å². The third-order valence-electron chi connectivity index (χ3n) is 4.16. The van der Waals surface area contributed by atoms with E-state index in [2.05, 4.69) is 10.6 Å². The molecule has 7 heteroatoms. The van der Waals surface area contributed by atoms with Gasteiger partial charge in [0.25, 0.3) is 0 Å². The first-order valence-corrected chi connectivity index (χ1v) is 9.86. The number of fused-ring (bicyclic) bond motifs is 1. The number of amides is 2. The number of Topliss-reactive ketones (excluding diaryl/α,β-unsaturated/α-hetero) is 1.